The maximum absolute atomic E-state index is 12.3. The van der Waals surface area contributed by atoms with E-state index in [1.807, 2.05) is 18.7 Å². The molecule has 134 valence electrons. The van der Waals surface area contributed by atoms with Crippen molar-refractivity contribution in [1.82, 2.24) is 14.6 Å². The number of carboxylic acids is 1. The highest BCUT2D eigenvalue weighted by Gasteiger charge is 2.36. The number of aliphatic carboxylic acids is 1. The molecule has 1 aromatic rings. The van der Waals surface area contributed by atoms with Gasteiger partial charge in [-0.1, -0.05) is 6.92 Å². The van der Waals surface area contributed by atoms with E-state index in [0.29, 0.717) is 31.9 Å². The van der Waals surface area contributed by atoms with E-state index in [0.717, 1.165) is 0 Å². The zero-order chi connectivity index (χ0) is 17.7. The van der Waals surface area contributed by atoms with Crippen LogP contribution in [0.25, 0.3) is 0 Å². The van der Waals surface area contributed by atoms with Gasteiger partial charge in [0, 0.05) is 18.2 Å². The van der Waals surface area contributed by atoms with Gasteiger partial charge in [-0.2, -0.15) is 0 Å². The smallest absolute Gasteiger partial charge is 0.317 e. The Labute approximate surface area is 141 Å². The number of carboxylic acid groups (broad SMARTS) is 1. The van der Waals surface area contributed by atoms with Gasteiger partial charge in [0.2, 0.25) is 15.9 Å². The summed E-state index contributed by atoms with van der Waals surface area (Å²) in [6.45, 7) is 4.78. The third-order valence-electron chi connectivity index (χ3n) is 4.01. The zero-order valence-electron chi connectivity index (χ0n) is 13.8. The van der Waals surface area contributed by atoms with Gasteiger partial charge in [-0.05, 0) is 32.4 Å². The highest BCUT2D eigenvalue weighted by atomic mass is 32.2. The molecule has 1 aliphatic rings. The molecule has 1 aliphatic carbocycles. The van der Waals surface area contributed by atoms with E-state index in [2.05, 4.69) is 9.71 Å². The molecule has 0 radical (unpaired) electrons. The van der Waals surface area contributed by atoms with Crippen LogP contribution >= 0.6 is 0 Å². The van der Waals surface area contributed by atoms with E-state index in [4.69, 9.17) is 9.84 Å². The van der Waals surface area contributed by atoms with Crippen LogP contribution in [0.4, 0.5) is 0 Å². The first-order valence-corrected chi connectivity index (χ1v) is 9.41. The molecule has 9 heteroatoms. The second-order valence-corrected chi connectivity index (χ2v) is 7.38. The molecule has 2 rings (SSSR count). The van der Waals surface area contributed by atoms with Crippen LogP contribution in [0.2, 0.25) is 0 Å². The van der Waals surface area contributed by atoms with Crippen LogP contribution in [-0.2, 0) is 14.8 Å². The van der Waals surface area contributed by atoms with Crippen LogP contribution in [0, 0.1) is 0 Å². The van der Waals surface area contributed by atoms with E-state index in [1.165, 1.54) is 18.3 Å². The average Bonchev–Trinajstić information content (AvgIpc) is 2.49. The van der Waals surface area contributed by atoms with Gasteiger partial charge in [-0.3, -0.25) is 9.69 Å². The summed E-state index contributed by atoms with van der Waals surface area (Å²) in [5.41, 5.74) is 0. The molecule has 0 bridgehead atoms. The molecule has 0 spiro atoms. The monoisotopic (exact) mass is 357 g/mol. The summed E-state index contributed by atoms with van der Waals surface area (Å²) in [7, 11) is -3.63. The topological polar surface area (TPSA) is 109 Å². The summed E-state index contributed by atoms with van der Waals surface area (Å²) in [5.74, 6) is -0.492. The van der Waals surface area contributed by atoms with Gasteiger partial charge in [0.1, 0.15) is 4.90 Å². The third kappa shape index (κ3) is 4.65. The van der Waals surface area contributed by atoms with Crippen LogP contribution < -0.4 is 9.46 Å². The van der Waals surface area contributed by atoms with Crippen LogP contribution in [-0.4, -0.2) is 61.2 Å². The standard InChI is InChI=1S/C15H23N3O5S/c1-3-18(10-15(19)20)12-7-11(8-12)17-24(21,22)13-5-6-14(16-9-13)23-4-2/h5-6,9,11-12,17H,3-4,7-8,10H2,1-2H3,(H,19,20). The summed E-state index contributed by atoms with van der Waals surface area (Å²) < 4.78 is 32.5. The number of sulfonamides is 1. The number of rotatable bonds is 9. The molecule has 1 fully saturated rings. The van der Waals surface area contributed by atoms with Gasteiger partial charge in [0.15, 0.2) is 0 Å². The molecule has 0 saturated heterocycles. The minimum atomic E-state index is -3.63. The van der Waals surface area contributed by atoms with Gasteiger partial charge in [-0.15, -0.1) is 0 Å². The van der Waals surface area contributed by atoms with Gasteiger partial charge >= 0.3 is 5.97 Å². The van der Waals surface area contributed by atoms with Gasteiger partial charge in [0.25, 0.3) is 0 Å². The molecule has 0 amide bonds. The fraction of sp³-hybridized carbons (Fsp3) is 0.600. The highest BCUT2D eigenvalue weighted by Crippen LogP contribution is 2.27. The Balaban J connectivity index is 1.91. The summed E-state index contributed by atoms with van der Waals surface area (Å²) in [6.07, 6.45) is 2.47. The Hall–Kier alpha value is -1.71. The third-order valence-corrected chi connectivity index (χ3v) is 5.51. The Bertz CT molecular complexity index is 656. The Morgan fingerprint density at radius 2 is 2.12 bits per heavy atom. The van der Waals surface area contributed by atoms with Crippen molar-refractivity contribution in [3.63, 3.8) is 0 Å². The van der Waals surface area contributed by atoms with E-state index in [9.17, 15) is 13.2 Å². The number of likely N-dealkylation sites (N-methyl/N-ethyl adjacent to an activating group) is 1. The van der Waals surface area contributed by atoms with E-state index >= 15 is 0 Å². The number of pyridine rings is 1. The SMILES string of the molecule is CCOc1ccc(S(=O)(=O)NC2CC(N(CC)CC(=O)O)C2)cn1. The molecule has 1 aromatic heterocycles. The summed E-state index contributed by atoms with van der Waals surface area (Å²) in [6, 6.07) is 2.89. The summed E-state index contributed by atoms with van der Waals surface area (Å²) in [5, 5.41) is 8.87. The van der Waals surface area contributed by atoms with Crippen molar-refractivity contribution in [3.05, 3.63) is 18.3 Å². The van der Waals surface area contributed by atoms with Crippen molar-refractivity contribution in [3.8, 4) is 5.88 Å². The lowest BCUT2D eigenvalue weighted by atomic mass is 9.86. The highest BCUT2D eigenvalue weighted by molar-refractivity contribution is 7.89. The summed E-state index contributed by atoms with van der Waals surface area (Å²) in [4.78, 5) is 16.7. The number of carbonyl (C=O) groups is 1. The number of hydrogen-bond acceptors (Lipinski definition) is 6. The molecule has 1 heterocycles. The lowest BCUT2D eigenvalue weighted by molar-refractivity contribution is -0.139. The Morgan fingerprint density at radius 3 is 2.62 bits per heavy atom. The lowest BCUT2D eigenvalue weighted by Gasteiger charge is -2.42. The van der Waals surface area contributed by atoms with Crippen molar-refractivity contribution >= 4 is 16.0 Å². The second kappa shape index (κ2) is 7.91. The normalized spacial score (nSPS) is 20.6. The number of aromatic nitrogens is 1. The molecule has 1 saturated carbocycles. The molecular weight excluding hydrogens is 334 g/mol. The first-order valence-electron chi connectivity index (χ1n) is 7.92. The first-order chi connectivity index (χ1) is 11.4. The number of ether oxygens (including phenoxy) is 1. The number of hydrogen-bond donors (Lipinski definition) is 2. The van der Waals surface area contributed by atoms with Gasteiger partial charge in [0.05, 0.1) is 19.3 Å². The predicted molar refractivity (Wildman–Crippen MR) is 87.4 cm³/mol. The number of nitrogens with zero attached hydrogens (tertiary/aromatic N) is 2. The molecular formula is C15H23N3O5S. The molecule has 24 heavy (non-hydrogen) atoms. The quantitative estimate of drug-likeness (QED) is 0.669. The van der Waals surface area contributed by atoms with Crippen LogP contribution in [0.5, 0.6) is 5.88 Å². The van der Waals surface area contributed by atoms with Crippen LogP contribution in [0.1, 0.15) is 26.7 Å². The second-order valence-electron chi connectivity index (χ2n) is 5.67. The minimum absolute atomic E-state index is 0.0244. The van der Waals surface area contributed by atoms with Crippen LogP contribution in [0.3, 0.4) is 0 Å². The van der Waals surface area contributed by atoms with Gasteiger partial charge < -0.3 is 9.84 Å². The Kier molecular flexibility index (Phi) is 6.14. The minimum Gasteiger partial charge on any atom is -0.480 e. The predicted octanol–water partition coefficient (Wildman–Crippen LogP) is 0.696. The fourth-order valence-corrected chi connectivity index (χ4v) is 3.91. The van der Waals surface area contributed by atoms with Crippen LogP contribution in [0.15, 0.2) is 23.2 Å². The Morgan fingerprint density at radius 1 is 1.42 bits per heavy atom. The maximum atomic E-state index is 12.3. The number of nitrogens with one attached hydrogen (secondary N) is 1. The largest absolute Gasteiger partial charge is 0.480 e. The maximum Gasteiger partial charge on any atom is 0.317 e. The zero-order valence-corrected chi connectivity index (χ0v) is 14.6. The first kappa shape index (κ1) is 18.6. The van der Waals surface area contributed by atoms with Crippen molar-refractivity contribution < 1.29 is 23.1 Å². The molecule has 0 aromatic carbocycles. The molecule has 0 unspecified atom stereocenters. The van der Waals surface area contributed by atoms with Crippen molar-refractivity contribution in [2.75, 3.05) is 19.7 Å². The van der Waals surface area contributed by atoms with Crippen molar-refractivity contribution in [2.24, 2.45) is 0 Å². The molecule has 0 atom stereocenters. The van der Waals surface area contributed by atoms with Gasteiger partial charge in [-0.25, -0.2) is 18.1 Å². The van der Waals surface area contributed by atoms with E-state index in [1.54, 1.807) is 0 Å². The summed E-state index contributed by atoms with van der Waals surface area (Å²) >= 11 is 0. The fourth-order valence-electron chi connectivity index (χ4n) is 2.70. The van der Waals surface area contributed by atoms with E-state index in [-0.39, 0.29) is 23.5 Å². The van der Waals surface area contributed by atoms with Crippen molar-refractivity contribution in [2.45, 2.75) is 43.7 Å². The van der Waals surface area contributed by atoms with Crippen molar-refractivity contribution in [1.29, 1.82) is 0 Å². The molecule has 2 N–H and O–H groups in total. The molecule has 8 nitrogen and oxygen atoms in total. The lowest BCUT2D eigenvalue weighted by Crippen LogP contribution is -2.54. The van der Waals surface area contributed by atoms with E-state index < -0.39 is 16.0 Å². The average molecular weight is 357 g/mol. The molecule has 0 aliphatic heterocycles.